The lowest BCUT2D eigenvalue weighted by Gasteiger charge is -2.41. The van der Waals surface area contributed by atoms with E-state index < -0.39 is 46.1 Å². The van der Waals surface area contributed by atoms with Crippen molar-refractivity contribution in [2.24, 2.45) is 23.7 Å². The Morgan fingerprint density at radius 2 is 1.60 bits per heavy atom. The SMILES string of the molecule is CC[C@@H](C)[C@@H]([C@H](CC(=O)N1CCC[C@H]1[C@H](OC)[C@@H](C)C(=O)NS(=O)(=O)Cc1ccc(N)cc1)OC)N(C)C(=O)[C@@H](NC[C@@H](C(C)C)N(C)C)C(C)C. The Bertz CT molecular complexity index is 1380. The van der Waals surface area contributed by atoms with Crippen LogP contribution in [-0.4, -0.2) is 126 Å². The zero-order valence-electron chi connectivity index (χ0n) is 33.7. The highest BCUT2D eigenvalue weighted by molar-refractivity contribution is 7.89. The Hall–Kier alpha value is -2.78. The quantitative estimate of drug-likeness (QED) is 0.159. The standard InChI is InChI=1S/C38H68N6O7S/c1-13-26(6)35(43(10)38(47)34(25(4)5)40-22-31(24(2)3)42(8)9)32(50-11)21-33(45)44-20-14-15-30(44)36(51-12)27(7)37(46)41-52(48,49)23-28-16-18-29(39)19-17-28/h16-19,24-27,30-32,34-36,40H,13-15,20-23,39H2,1-12H3,(H,41,46)/t26-,27-,30+,31+,32+,34+,35+,36-/m1/s1. The van der Waals surface area contributed by atoms with E-state index in [9.17, 15) is 22.8 Å². The van der Waals surface area contributed by atoms with Gasteiger partial charge in [0.1, 0.15) is 0 Å². The second-order valence-electron chi connectivity index (χ2n) is 15.5. The molecule has 8 atom stereocenters. The predicted octanol–water partition coefficient (Wildman–Crippen LogP) is 3.34. The fraction of sp³-hybridized carbons (Fsp3) is 0.763. The molecule has 298 valence electrons. The van der Waals surface area contributed by atoms with E-state index in [0.717, 1.165) is 6.42 Å². The number of hydrogen-bond acceptors (Lipinski definition) is 10. The molecule has 0 saturated carbocycles. The summed E-state index contributed by atoms with van der Waals surface area (Å²) in [6, 6.07) is 5.42. The highest BCUT2D eigenvalue weighted by Crippen LogP contribution is 2.30. The number of nitrogens with zero attached hydrogens (tertiary/aromatic N) is 3. The van der Waals surface area contributed by atoms with Gasteiger partial charge in [0, 0.05) is 46.1 Å². The minimum Gasteiger partial charge on any atom is -0.399 e. The number of likely N-dealkylation sites (tertiary alicyclic amines) is 1. The molecule has 0 spiro atoms. The number of nitrogen functional groups attached to an aromatic ring is 1. The Labute approximate surface area is 313 Å². The van der Waals surface area contributed by atoms with Crippen molar-refractivity contribution in [3.8, 4) is 0 Å². The number of sulfonamides is 1. The minimum absolute atomic E-state index is 0.0302. The van der Waals surface area contributed by atoms with Crippen LogP contribution in [0, 0.1) is 23.7 Å². The molecule has 52 heavy (non-hydrogen) atoms. The number of amides is 3. The van der Waals surface area contributed by atoms with Crippen molar-refractivity contribution in [3.63, 3.8) is 0 Å². The third-order valence-corrected chi connectivity index (χ3v) is 12.0. The normalized spacial score (nSPS) is 19.3. The first-order valence-electron chi connectivity index (χ1n) is 18.7. The number of methoxy groups -OCH3 is 2. The Morgan fingerprint density at radius 3 is 2.10 bits per heavy atom. The Kier molecular flexibility index (Phi) is 18.0. The number of likely N-dealkylation sites (N-methyl/N-ethyl adjacent to an activating group) is 2. The third kappa shape index (κ3) is 12.4. The fourth-order valence-electron chi connectivity index (χ4n) is 7.51. The minimum atomic E-state index is -4.00. The van der Waals surface area contributed by atoms with E-state index in [1.54, 1.807) is 55.1 Å². The number of nitrogens with two attached hydrogens (primary N) is 1. The van der Waals surface area contributed by atoms with Gasteiger partial charge in [-0.25, -0.2) is 8.42 Å². The molecule has 0 aromatic heterocycles. The number of carbonyl (C=O) groups is 3. The maximum Gasteiger partial charge on any atom is 0.240 e. The summed E-state index contributed by atoms with van der Waals surface area (Å²) in [5, 5.41) is 3.55. The molecule has 2 rings (SSSR count). The van der Waals surface area contributed by atoms with E-state index in [0.29, 0.717) is 43.1 Å². The molecule has 13 nitrogen and oxygen atoms in total. The van der Waals surface area contributed by atoms with E-state index in [1.165, 1.54) is 7.11 Å². The summed E-state index contributed by atoms with van der Waals surface area (Å²) in [6.07, 6.45) is 0.772. The van der Waals surface area contributed by atoms with Crippen molar-refractivity contribution in [1.82, 2.24) is 24.7 Å². The number of rotatable bonds is 21. The maximum absolute atomic E-state index is 14.2. The highest BCUT2D eigenvalue weighted by atomic mass is 32.2. The fourth-order valence-corrected chi connectivity index (χ4v) is 8.71. The number of carbonyl (C=O) groups excluding carboxylic acids is 3. The van der Waals surface area contributed by atoms with Crippen LogP contribution in [0.2, 0.25) is 0 Å². The second kappa shape index (κ2) is 20.6. The summed E-state index contributed by atoms with van der Waals surface area (Å²) < 4.78 is 39.8. The molecule has 1 aliphatic rings. The van der Waals surface area contributed by atoms with Crippen molar-refractivity contribution >= 4 is 33.4 Å². The van der Waals surface area contributed by atoms with E-state index in [4.69, 9.17) is 15.2 Å². The molecule has 1 saturated heterocycles. The van der Waals surface area contributed by atoms with Crippen LogP contribution in [-0.2, 0) is 39.6 Å². The molecule has 1 aromatic carbocycles. The molecular formula is C38H68N6O7S. The van der Waals surface area contributed by atoms with Gasteiger partial charge in [-0.3, -0.25) is 19.1 Å². The molecular weight excluding hydrogens is 685 g/mol. The monoisotopic (exact) mass is 752 g/mol. The van der Waals surface area contributed by atoms with Crippen LogP contribution >= 0.6 is 0 Å². The van der Waals surface area contributed by atoms with Crippen LogP contribution in [0.3, 0.4) is 0 Å². The molecule has 0 bridgehead atoms. The molecule has 1 heterocycles. The highest BCUT2D eigenvalue weighted by Gasteiger charge is 2.43. The summed E-state index contributed by atoms with van der Waals surface area (Å²) >= 11 is 0. The summed E-state index contributed by atoms with van der Waals surface area (Å²) in [5.74, 6) is -1.70. The van der Waals surface area contributed by atoms with Crippen LogP contribution in [0.1, 0.15) is 79.7 Å². The van der Waals surface area contributed by atoms with E-state index in [-0.39, 0.29) is 47.9 Å². The number of hydrogen-bond donors (Lipinski definition) is 3. The molecule has 0 radical (unpaired) electrons. The van der Waals surface area contributed by atoms with Gasteiger partial charge in [-0.1, -0.05) is 67.0 Å². The first kappa shape index (κ1) is 45.4. The largest absolute Gasteiger partial charge is 0.399 e. The smallest absolute Gasteiger partial charge is 0.240 e. The van der Waals surface area contributed by atoms with Gasteiger partial charge in [0.05, 0.1) is 48.4 Å². The van der Waals surface area contributed by atoms with Gasteiger partial charge in [0.2, 0.25) is 27.7 Å². The molecule has 0 unspecified atom stereocenters. The van der Waals surface area contributed by atoms with Gasteiger partial charge in [0.15, 0.2) is 0 Å². The van der Waals surface area contributed by atoms with Crippen molar-refractivity contribution in [3.05, 3.63) is 29.8 Å². The average molecular weight is 753 g/mol. The number of nitrogens with one attached hydrogen (secondary N) is 2. The third-order valence-electron chi connectivity index (χ3n) is 10.8. The van der Waals surface area contributed by atoms with Crippen LogP contribution in [0.5, 0.6) is 0 Å². The van der Waals surface area contributed by atoms with E-state index in [1.807, 2.05) is 27.9 Å². The lowest BCUT2D eigenvalue weighted by atomic mass is 9.89. The van der Waals surface area contributed by atoms with Crippen LogP contribution in [0.4, 0.5) is 5.69 Å². The predicted molar refractivity (Wildman–Crippen MR) is 207 cm³/mol. The average Bonchev–Trinajstić information content (AvgIpc) is 3.56. The van der Waals surface area contributed by atoms with Gasteiger partial charge < -0.3 is 35.2 Å². The van der Waals surface area contributed by atoms with Gasteiger partial charge >= 0.3 is 0 Å². The number of benzene rings is 1. The molecule has 1 fully saturated rings. The first-order valence-corrected chi connectivity index (χ1v) is 20.3. The maximum atomic E-state index is 14.2. The molecule has 1 aromatic rings. The Morgan fingerprint density at radius 1 is 0.981 bits per heavy atom. The lowest BCUT2D eigenvalue weighted by Crippen LogP contribution is -2.58. The van der Waals surface area contributed by atoms with Gasteiger partial charge in [-0.2, -0.15) is 0 Å². The van der Waals surface area contributed by atoms with Crippen molar-refractivity contribution in [1.29, 1.82) is 0 Å². The van der Waals surface area contributed by atoms with Gasteiger partial charge in [-0.15, -0.1) is 0 Å². The summed E-state index contributed by atoms with van der Waals surface area (Å²) in [7, 11) is 4.95. The number of ether oxygens (including phenoxy) is 2. The van der Waals surface area contributed by atoms with Crippen molar-refractivity contribution < 1.29 is 32.3 Å². The van der Waals surface area contributed by atoms with E-state index in [2.05, 4.69) is 42.6 Å². The second-order valence-corrected chi connectivity index (χ2v) is 17.2. The van der Waals surface area contributed by atoms with E-state index >= 15 is 0 Å². The lowest BCUT2D eigenvalue weighted by molar-refractivity contribution is -0.147. The van der Waals surface area contributed by atoms with Crippen LogP contribution in [0.25, 0.3) is 0 Å². The Balaban J connectivity index is 2.23. The first-order chi connectivity index (χ1) is 24.3. The molecule has 3 amide bonds. The van der Waals surface area contributed by atoms with Crippen LogP contribution in [0.15, 0.2) is 24.3 Å². The summed E-state index contributed by atoms with van der Waals surface area (Å²) in [4.78, 5) is 47.3. The molecule has 14 heteroatoms. The zero-order chi connectivity index (χ0) is 39.5. The molecule has 4 N–H and O–H groups in total. The summed E-state index contributed by atoms with van der Waals surface area (Å²) in [5.41, 5.74) is 6.71. The van der Waals surface area contributed by atoms with Crippen LogP contribution < -0.4 is 15.8 Å². The molecule has 1 aliphatic heterocycles. The summed E-state index contributed by atoms with van der Waals surface area (Å²) in [6.45, 7) is 15.3. The van der Waals surface area contributed by atoms with Crippen molar-refractivity contribution in [2.45, 2.75) is 116 Å². The zero-order valence-corrected chi connectivity index (χ0v) is 34.5. The topological polar surface area (TPSA) is 164 Å². The number of anilines is 1. The van der Waals surface area contributed by atoms with Gasteiger partial charge in [-0.05, 0) is 62.4 Å². The van der Waals surface area contributed by atoms with Gasteiger partial charge in [0.25, 0.3) is 0 Å². The molecule has 0 aliphatic carbocycles. The van der Waals surface area contributed by atoms with Crippen molar-refractivity contribution in [2.75, 3.05) is 54.2 Å².